The third-order valence-corrected chi connectivity index (χ3v) is 5.08. The Morgan fingerprint density at radius 2 is 2.07 bits per heavy atom. The van der Waals surface area contributed by atoms with Crippen LogP contribution in [0.2, 0.25) is 5.02 Å². The third-order valence-electron chi connectivity index (χ3n) is 4.83. The number of hydrogen-bond acceptors (Lipinski definition) is 3. The molecule has 0 saturated carbocycles. The number of carbonyl (C=O) groups is 2. The van der Waals surface area contributed by atoms with E-state index < -0.39 is 0 Å². The van der Waals surface area contributed by atoms with E-state index in [1.165, 1.54) is 0 Å². The minimum Gasteiger partial charge on any atom is -0.356 e. The van der Waals surface area contributed by atoms with Crippen LogP contribution in [0.1, 0.15) is 43.0 Å². The Morgan fingerprint density at radius 1 is 1.30 bits per heavy atom. The molecule has 2 aromatic rings. The number of nitrogens with zero attached hydrogens (tertiary/aromatic N) is 3. The molecule has 2 heterocycles. The number of aromatic nitrogens is 2. The minimum absolute atomic E-state index is 0.0535. The van der Waals surface area contributed by atoms with Gasteiger partial charge in [0.1, 0.15) is 0 Å². The van der Waals surface area contributed by atoms with Gasteiger partial charge in [0, 0.05) is 30.9 Å². The lowest BCUT2D eigenvalue weighted by molar-refractivity contribution is -0.126. The van der Waals surface area contributed by atoms with Crippen LogP contribution in [-0.4, -0.2) is 46.1 Å². The maximum atomic E-state index is 12.8. The van der Waals surface area contributed by atoms with E-state index in [9.17, 15) is 9.59 Å². The molecule has 3 rings (SSSR count). The summed E-state index contributed by atoms with van der Waals surface area (Å²) < 4.78 is 1.66. The van der Waals surface area contributed by atoms with Crippen molar-refractivity contribution in [2.24, 2.45) is 5.92 Å². The number of unbranched alkanes of at least 4 members (excludes halogenated alkanes) is 1. The lowest BCUT2D eigenvalue weighted by Gasteiger charge is -2.31. The molecule has 1 aromatic carbocycles. The van der Waals surface area contributed by atoms with E-state index in [0.717, 1.165) is 31.4 Å². The molecule has 1 aliphatic heterocycles. The van der Waals surface area contributed by atoms with Gasteiger partial charge < -0.3 is 10.2 Å². The summed E-state index contributed by atoms with van der Waals surface area (Å²) >= 11 is 5.91. The van der Waals surface area contributed by atoms with E-state index in [2.05, 4.69) is 17.3 Å². The number of likely N-dealkylation sites (tertiary alicyclic amines) is 1. The Hall–Kier alpha value is -2.34. The Labute approximate surface area is 164 Å². The molecule has 0 radical (unpaired) electrons. The van der Waals surface area contributed by atoms with Crippen LogP contribution in [0.3, 0.4) is 0 Å². The van der Waals surface area contributed by atoms with Gasteiger partial charge in [-0.1, -0.05) is 24.9 Å². The van der Waals surface area contributed by atoms with Gasteiger partial charge >= 0.3 is 0 Å². The fourth-order valence-electron chi connectivity index (χ4n) is 3.26. The van der Waals surface area contributed by atoms with Crippen molar-refractivity contribution in [1.29, 1.82) is 0 Å². The Morgan fingerprint density at radius 3 is 2.81 bits per heavy atom. The fraction of sp³-hybridized carbons (Fsp3) is 0.450. The smallest absolute Gasteiger partial charge is 0.257 e. The van der Waals surface area contributed by atoms with Crippen LogP contribution in [0.25, 0.3) is 5.69 Å². The predicted molar refractivity (Wildman–Crippen MR) is 105 cm³/mol. The van der Waals surface area contributed by atoms with Gasteiger partial charge in [0.2, 0.25) is 5.91 Å². The third kappa shape index (κ3) is 4.89. The van der Waals surface area contributed by atoms with Crippen molar-refractivity contribution in [1.82, 2.24) is 20.0 Å². The van der Waals surface area contributed by atoms with Crippen molar-refractivity contribution >= 4 is 23.4 Å². The molecule has 0 bridgehead atoms. The first-order valence-electron chi connectivity index (χ1n) is 9.46. The van der Waals surface area contributed by atoms with Gasteiger partial charge in [-0.3, -0.25) is 9.59 Å². The van der Waals surface area contributed by atoms with Crippen LogP contribution in [0, 0.1) is 5.92 Å². The second kappa shape index (κ2) is 9.04. The van der Waals surface area contributed by atoms with Crippen LogP contribution in [0.4, 0.5) is 0 Å². The molecule has 0 aliphatic carbocycles. The van der Waals surface area contributed by atoms with Gasteiger partial charge in [-0.15, -0.1) is 0 Å². The van der Waals surface area contributed by atoms with Gasteiger partial charge in [0.15, 0.2) is 0 Å². The molecule has 7 heteroatoms. The number of hydrogen-bond donors (Lipinski definition) is 1. The number of nitrogens with one attached hydrogen (secondary N) is 1. The van der Waals surface area contributed by atoms with Gasteiger partial charge in [-0.2, -0.15) is 5.10 Å². The van der Waals surface area contributed by atoms with Crippen molar-refractivity contribution in [2.75, 3.05) is 19.6 Å². The molecule has 27 heavy (non-hydrogen) atoms. The van der Waals surface area contributed by atoms with E-state index >= 15 is 0 Å². The number of benzene rings is 1. The number of piperidine rings is 1. The molecule has 1 N–H and O–H groups in total. The van der Waals surface area contributed by atoms with Crippen molar-refractivity contribution in [2.45, 2.75) is 32.6 Å². The molecule has 2 amide bonds. The van der Waals surface area contributed by atoms with E-state index in [4.69, 9.17) is 11.6 Å². The number of amides is 2. The maximum absolute atomic E-state index is 12.8. The second-order valence-corrected chi connectivity index (χ2v) is 7.32. The fourth-order valence-corrected chi connectivity index (χ4v) is 3.39. The van der Waals surface area contributed by atoms with Crippen molar-refractivity contribution in [3.8, 4) is 5.69 Å². The van der Waals surface area contributed by atoms with Crippen LogP contribution < -0.4 is 5.32 Å². The molecule has 1 aliphatic rings. The first-order valence-corrected chi connectivity index (χ1v) is 9.84. The quantitative estimate of drug-likeness (QED) is 0.772. The molecule has 1 saturated heterocycles. The summed E-state index contributed by atoms with van der Waals surface area (Å²) in [5.41, 5.74) is 1.36. The second-order valence-electron chi connectivity index (χ2n) is 6.88. The van der Waals surface area contributed by atoms with Gasteiger partial charge in [0.05, 0.1) is 23.4 Å². The van der Waals surface area contributed by atoms with Crippen LogP contribution >= 0.6 is 11.6 Å². The average Bonchev–Trinajstić information content (AvgIpc) is 3.18. The Balaban J connectivity index is 1.63. The van der Waals surface area contributed by atoms with Crippen molar-refractivity contribution < 1.29 is 9.59 Å². The van der Waals surface area contributed by atoms with Crippen LogP contribution in [-0.2, 0) is 4.79 Å². The molecule has 144 valence electrons. The average molecular weight is 389 g/mol. The first kappa shape index (κ1) is 19.4. The highest BCUT2D eigenvalue weighted by molar-refractivity contribution is 6.30. The topological polar surface area (TPSA) is 67.2 Å². The molecule has 1 fully saturated rings. The highest BCUT2D eigenvalue weighted by Gasteiger charge is 2.29. The van der Waals surface area contributed by atoms with Gasteiger partial charge in [-0.05, 0) is 43.5 Å². The largest absolute Gasteiger partial charge is 0.356 e. The number of carbonyl (C=O) groups excluding carboxylic acids is 2. The molecular weight excluding hydrogens is 364 g/mol. The highest BCUT2D eigenvalue weighted by atomic mass is 35.5. The molecule has 1 aromatic heterocycles. The first-order chi connectivity index (χ1) is 13.1. The Kier molecular flexibility index (Phi) is 6.50. The maximum Gasteiger partial charge on any atom is 0.257 e. The van der Waals surface area contributed by atoms with Crippen LogP contribution in [0.5, 0.6) is 0 Å². The van der Waals surface area contributed by atoms with E-state index in [1.807, 2.05) is 12.1 Å². The summed E-state index contributed by atoms with van der Waals surface area (Å²) in [5, 5.41) is 7.91. The molecule has 0 spiro atoms. The predicted octanol–water partition coefficient (Wildman–Crippen LogP) is 3.29. The molecule has 1 unspecified atom stereocenters. The van der Waals surface area contributed by atoms with E-state index in [1.54, 1.807) is 34.1 Å². The summed E-state index contributed by atoms with van der Waals surface area (Å²) in [6, 6.07) is 7.27. The minimum atomic E-state index is -0.133. The lowest BCUT2D eigenvalue weighted by atomic mass is 9.96. The molecule has 1 atom stereocenters. The van der Waals surface area contributed by atoms with E-state index in [0.29, 0.717) is 30.2 Å². The van der Waals surface area contributed by atoms with Crippen LogP contribution in [0.15, 0.2) is 36.7 Å². The molecule has 6 nitrogen and oxygen atoms in total. The SMILES string of the molecule is CCCCNC(=O)C1CCCN(C(=O)c2cnn(-c3ccc(Cl)cc3)c2)C1. The lowest BCUT2D eigenvalue weighted by Crippen LogP contribution is -2.45. The van der Waals surface area contributed by atoms with E-state index in [-0.39, 0.29) is 17.7 Å². The van der Waals surface area contributed by atoms with Crippen molar-refractivity contribution in [3.05, 3.63) is 47.2 Å². The summed E-state index contributed by atoms with van der Waals surface area (Å²) in [4.78, 5) is 26.9. The normalized spacial score (nSPS) is 17.0. The van der Waals surface area contributed by atoms with Gasteiger partial charge in [0.25, 0.3) is 5.91 Å². The monoisotopic (exact) mass is 388 g/mol. The van der Waals surface area contributed by atoms with Gasteiger partial charge in [-0.25, -0.2) is 4.68 Å². The summed E-state index contributed by atoms with van der Waals surface area (Å²) in [7, 11) is 0. The summed E-state index contributed by atoms with van der Waals surface area (Å²) in [5.74, 6) is -0.162. The number of rotatable bonds is 6. The van der Waals surface area contributed by atoms with Crippen molar-refractivity contribution in [3.63, 3.8) is 0 Å². The zero-order valence-electron chi connectivity index (χ0n) is 15.5. The zero-order valence-corrected chi connectivity index (χ0v) is 16.3. The number of halogens is 1. The highest BCUT2D eigenvalue weighted by Crippen LogP contribution is 2.20. The zero-order chi connectivity index (χ0) is 19.2. The standard InChI is InChI=1S/C20H25ClN4O2/c1-2-3-10-22-19(26)15-5-4-11-24(13-15)20(27)16-12-23-25(14-16)18-8-6-17(21)7-9-18/h6-9,12,14-15H,2-5,10-11,13H2,1H3,(H,22,26). The Bertz CT molecular complexity index is 788. The summed E-state index contributed by atoms with van der Waals surface area (Å²) in [6.45, 7) is 3.93. The summed E-state index contributed by atoms with van der Waals surface area (Å²) in [6.07, 6.45) is 6.98. The molecular formula is C20H25ClN4O2.